The van der Waals surface area contributed by atoms with Gasteiger partial charge < -0.3 is 10.3 Å². The Morgan fingerprint density at radius 2 is 1.89 bits per heavy atom. The van der Waals surface area contributed by atoms with Crippen LogP contribution in [-0.4, -0.2) is 34.9 Å². The molecule has 0 radical (unpaired) electrons. The van der Waals surface area contributed by atoms with E-state index in [2.05, 4.69) is 39.8 Å². The quantitative estimate of drug-likeness (QED) is 0.871. The summed E-state index contributed by atoms with van der Waals surface area (Å²) in [5.41, 5.74) is 7.45. The van der Waals surface area contributed by atoms with Crippen LogP contribution in [0.25, 0.3) is 12.2 Å². The van der Waals surface area contributed by atoms with E-state index in [0.29, 0.717) is 17.7 Å². The Morgan fingerprint density at radius 3 is 2.63 bits per heavy atom. The first kappa shape index (κ1) is 17.7. The lowest BCUT2D eigenvalue weighted by atomic mass is 10.1. The monoisotopic (exact) mass is 362 g/mol. The van der Waals surface area contributed by atoms with Gasteiger partial charge in [-0.3, -0.25) is 0 Å². The Labute approximate surface area is 160 Å². The predicted octanol–water partition coefficient (Wildman–Crippen LogP) is 3.55. The van der Waals surface area contributed by atoms with Gasteiger partial charge in [0.1, 0.15) is 11.7 Å². The van der Waals surface area contributed by atoms with E-state index in [0.717, 1.165) is 36.7 Å². The van der Waals surface area contributed by atoms with Crippen LogP contribution in [0.1, 0.15) is 44.0 Å². The zero-order valence-corrected chi connectivity index (χ0v) is 15.7. The van der Waals surface area contributed by atoms with Gasteiger partial charge in [0.05, 0.1) is 0 Å². The van der Waals surface area contributed by atoms with Crippen LogP contribution in [0.5, 0.6) is 0 Å². The summed E-state index contributed by atoms with van der Waals surface area (Å²) < 4.78 is 0. The predicted molar refractivity (Wildman–Crippen MR) is 111 cm³/mol. The summed E-state index contributed by atoms with van der Waals surface area (Å²) in [6.45, 7) is 4.22. The molecule has 2 aliphatic heterocycles. The minimum absolute atomic E-state index is 0.379. The maximum Gasteiger partial charge on any atom is 0.160 e. The van der Waals surface area contributed by atoms with E-state index in [-0.39, 0.29) is 0 Å². The zero-order chi connectivity index (χ0) is 18.5. The van der Waals surface area contributed by atoms with Crippen LogP contribution in [0.4, 0.5) is 11.6 Å². The van der Waals surface area contributed by atoms with E-state index in [9.17, 15) is 0 Å². The fraction of sp³-hybridized carbons (Fsp3) is 0.381. The molecule has 2 aliphatic rings. The fourth-order valence-corrected chi connectivity index (χ4v) is 3.40. The van der Waals surface area contributed by atoms with E-state index >= 15 is 0 Å². The summed E-state index contributed by atoms with van der Waals surface area (Å²) >= 11 is 0. The first-order chi connectivity index (χ1) is 13.3. The maximum atomic E-state index is 4.78. The third-order valence-electron chi connectivity index (χ3n) is 4.83. The second kappa shape index (κ2) is 8.31. The molecule has 1 aromatic carbocycles. The molecule has 3 heterocycles. The van der Waals surface area contributed by atoms with E-state index < -0.39 is 0 Å². The fourth-order valence-electron chi connectivity index (χ4n) is 3.40. The number of amidine groups is 1. The van der Waals surface area contributed by atoms with Crippen molar-refractivity contribution in [3.05, 3.63) is 47.8 Å². The number of aromatic nitrogens is 2. The highest BCUT2D eigenvalue weighted by atomic mass is 15.4. The molecular formula is C21H26N6. The molecule has 1 unspecified atom stereocenters. The molecule has 2 saturated heterocycles. The van der Waals surface area contributed by atoms with Crippen molar-refractivity contribution in [3.8, 4) is 0 Å². The number of aliphatic imine (C=N–C) groups is 1. The molecule has 6 nitrogen and oxygen atoms in total. The summed E-state index contributed by atoms with van der Waals surface area (Å²) in [5.74, 6) is 3.29. The molecule has 1 atom stereocenters. The molecule has 1 aromatic heterocycles. The third-order valence-corrected chi connectivity index (χ3v) is 4.83. The van der Waals surface area contributed by atoms with E-state index in [1.165, 1.54) is 19.3 Å². The topological polar surface area (TPSA) is 65.4 Å². The number of hydrazine groups is 1. The summed E-state index contributed by atoms with van der Waals surface area (Å²) in [7, 11) is 0. The van der Waals surface area contributed by atoms with Crippen LogP contribution < -0.4 is 15.8 Å². The van der Waals surface area contributed by atoms with Gasteiger partial charge in [-0.25, -0.2) is 20.4 Å². The largest absolute Gasteiger partial charge is 0.356 e. The minimum Gasteiger partial charge on any atom is -0.356 e. The van der Waals surface area contributed by atoms with Gasteiger partial charge in [-0.05, 0) is 37.8 Å². The first-order valence-corrected chi connectivity index (χ1v) is 9.72. The highest BCUT2D eigenvalue weighted by Crippen LogP contribution is 2.23. The molecule has 4 rings (SSSR count). The lowest BCUT2D eigenvalue weighted by Crippen LogP contribution is -2.30. The van der Waals surface area contributed by atoms with Crippen LogP contribution in [0.15, 0.2) is 41.4 Å². The summed E-state index contributed by atoms with van der Waals surface area (Å²) in [6.07, 6.45) is 8.61. The van der Waals surface area contributed by atoms with E-state index in [1.54, 1.807) is 0 Å². The van der Waals surface area contributed by atoms with Gasteiger partial charge in [-0.1, -0.05) is 36.4 Å². The van der Waals surface area contributed by atoms with Crippen molar-refractivity contribution in [3.63, 3.8) is 0 Å². The van der Waals surface area contributed by atoms with Crippen molar-refractivity contribution in [2.75, 3.05) is 18.0 Å². The van der Waals surface area contributed by atoms with Crippen molar-refractivity contribution in [2.45, 2.75) is 38.6 Å². The minimum atomic E-state index is 0.379. The Hall–Kier alpha value is -2.73. The molecule has 0 bridgehead atoms. The molecule has 0 saturated carbocycles. The van der Waals surface area contributed by atoms with Gasteiger partial charge in [0.15, 0.2) is 11.6 Å². The number of piperidine rings is 1. The molecule has 2 N–H and O–H groups in total. The number of nitrogens with zero attached hydrogens (tertiary/aromatic N) is 4. The molecule has 0 amide bonds. The number of hydrogen-bond donors (Lipinski definition) is 2. The molecule has 6 heteroatoms. The van der Waals surface area contributed by atoms with Gasteiger partial charge in [0, 0.05) is 31.6 Å². The smallest absolute Gasteiger partial charge is 0.160 e. The Morgan fingerprint density at radius 1 is 1.07 bits per heavy atom. The molecular weight excluding hydrogens is 336 g/mol. The Kier molecular flexibility index (Phi) is 5.44. The SMILES string of the molecule is CC1C/C(=N\c2cc(N3CCCCC3)nc(/C=C/c3ccccc3)n2)NN1. The highest BCUT2D eigenvalue weighted by molar-refractivity contribution is 5.86. The second-order valence-electron chi connectivity index (χ2n) is 7.17. The van der Waals surface area contributed by atoms with E-state index in [1.807, 2.05) is 36.4 Å². The summed E-state index contributed by atoms with van der Waals surface area (Å²) in [4.78, 5) is 16.5. The standard InChI is InChI=1S/C21H26N6/c1-16-14-20(26-25-16)23-19-15-21(27-12-6-3-7-13-27)24-18(22-19)11-10-17-8-4-2-5-9-17/h2,4-5,8-11,15-16,25H,3,6-7,12-14H2,1H3,(H,22,23,24,26)/b11-10+. The second-order valence-corrected chi connectivity index (χ2v) is 7.17. The summed E-state index contributed by atoms with van der Waals surface area (Å²) in [5, 5.41) is 0. The summed E-state index contributed by atoms with van der Waals surface area (Å²) in [6, 6.07) is 12.6. The molecule has 0 aliphatic carbocycles. The number of anilines is 1. The van der Waals surface area contributed by atoms with Gasteiger partial charge in [-0.2, -0.15) is 0 Å². The number of benzene rings is 1. The number of nitrogens with one attached hydrogen (secondary N) is 2. The average molecular weight is 362 g/mol. The number of rotatable bonds is 4. The van der Waals surface area contributed by atoms with Crippen LogP contribution in [0.2, 0.25) is 0 Å². The molecule has 2 fully saturated rings. The highest BCUT2D eigenvalue weighted by Gasteiger charge is 2.17. The zero-order valence-electron chi connectivity index (χ0n) is 15.7. The van der Waals surface area contributed by atoms with Crippen molar-refractivity contribution >= 4 is 29.6 Å². The van der Waals surface area contributed by atoms with E-state index in [4.69, 9.17) is 9.98 Å². The van der Waals surface area contributed by atoms with Crippen LogP contribution in [-0.2, 0) is 0 Å². The first-order valence-electron chi connectivity index (χ1n) is 9.72. The van der Waals surface area contributed by atoms with Gasteiger partial charge in [0.25, 0.3) is 0 Å². The van der Waals surface area contributed by atoms with Crippen molar-refractivity contribution in [2.24, 2.45) is 4.99 Å². The third kappa shape index (κ3) is 4.71. The van der Waals surface area contributed by atoms with Crippen molar-refractivity contribution < 1.29 is 0 Å². The van der Waals surface area contributed by atoms with Gasteiger partial charge >= 0.3 is 0 Å². The van der Waals surface area contributed by atoms with Crippen LogP contribution >= 0.6 is 0 Å². The van der Waals surface area contributed by atoms with Crippen molar-refractivity contribution in [1.82, 2.24) is 20.8 Å². The van der Waals surface area contributed by atoms with Crippen molar-refractivity contribution in [1.29, 1.82) is 0 Å². The normalized spacial score (nSPS) is 21.7. The molecule has 2 aromatic rings. The van der Waals surface area contributed by atoms with Gasteiger partial charge in [0.2, 0.25) is 0 Å². The van der Waals surface area contributed by atoms with Crippen LogP contribution in [0, 0.1) is 0 Å². The Balaban J connectivity index is 1.64. The molecule has 27 heavy (non-hydrogen) atoms. The lowest BCUT2D eigenvalue weighted by molar-refractivity contribution is 0.573. The van der Waals surface area contributed by atoms with Gasteiger partial charge in [-0.15, -0.1) is 0 Å². The van der Waals surface area contributed by atoms with Crippen LogP contribution in [0.3, 0.4) is 0 Å². The number of hydrogen-bond acceptors (Lipinski definition) is 5. The Bertz CT molecular complexity index is 824. The molecule has 140 valence electrons. The average Bonchev–Trinajstić information content (AvgIpc) is 3.12. The molecule has 0 spiro atoms. The lowest BCUT2D eigenvalue weighted by Gasteiger charge is -2.27. The maximum absolute atomic E-state index is 4.78.